The van der Waals surface area contributed by atoms with Crippen LogP contribution >= 0.6 is 0 Å². The molecule has 0 saturated carbocycles. The van der Waals surface area contributed by atoms with Gasteiger partial charge in [-0.05, 0) is 51.1 Å². The Morgan fingerprint density at radius 2 is 1.80 bits per heavy atom. The van der Waals surface area contributed by atoms with Crippen molar-refractivity contribution < 1.29 is 19.4 Å². The Kier molecular flexibility index (Phi) is 6.00. The molecule has 0 radical (unpaired) electrons. The number of benzene rings is 2. The summed E-state index contributed by atoms with van der Waals surface area (Å²) in [6, 6.07) is 11.2. The SMILES string of the molecule is CCOc1ccc(C)cc1C(C)NC(=O)C(=O)Nc1ccc(O)cc1. The highest BCUT2D eigenvalue weighted by Gasteiger charge is 2.19. The van der Waals surface area contributed by atoms with E-state index in [0.717, 1.165) is 11.1 Å². The number of phenols is 1. The number of rotatable bonds is 5. The molecule has 2 aromatic carbocycles. The van der Waals surface area contributed by atoms with Crippen molar-refractivity contribution in [3.8, 4) is 11.5 Å². The Bertz CT molecular complexity index is 757. The second-order valence-corrected chi connectivity index (χ2v) is 5.67. The quantitative estimate of drug-likeness (QED) is 0.576. The van der Waals surface area contributed by atoms with Crippen molar-refractivity contribution in [2.24, 2.45) is 0 Å². The fraction of sp³-hybridized carbons (Fsp3) is 0.263. The number of aromatic hydroxyl groups is 1. The van der Waals surface area contributed by atoms with Crippen molar-refractivity contribution in [2.45, 2.75) is 26.8 Å². The van der Waals surface area contributed by atoms with Gasteiger partial charge in [0.2, 0.25) is 0 Å². The summed E-state index contributed by atoms with van der Waals surface area (Å²) in [4.78, 5) is 24.2. The van der Waals surface area contributed by atoms with Gasteiger partial charge in [0.1, 0.15) is 11.5 Å². The van der Waals surface area contributed by atoms with Crippen molar-refractivity contribution in [3.63, 3.8) is 0 Å². The predicted octanol–water partition coefficient (Wildman–Crippen LogP) is 2.92. The van der Waals surface area contributed by atoms with Gasteiger partial charge >= 0.3 is 11.8 Å². The maximum Gasteiger partial charge on any atom is 0.313 e. The first-order valence-electron chi connectivity index (χ1n) is 8.05. The van der Waals surface area contributed by atoms with Gasteiger partial charge in [-0.3, -0.25) is 9.59 Å². The largest absolute Gasteiger partial charge is 0.508 e. The molecule has 6 nitrogen and oxygen atoms in total. The zero-order chi connectivity index (χ0) is 18.4. The molecule has 6 heteroatoms. The number of hydrogen-bond donors (Lipinski definition) is 3. The third kappa shape index (κ3) is 4.97. The number of amides is 2. The van der Waals surface area contributed by atoms with Crippen molar-refractivity contribution in [3.05, 3.63) is 53.6 Å². The Morgan fingerprint density at radius 3 is 2.44 bits per heavy atom. The molecule has 132 valence electrons. The van der Waals surface area contributed by atoms with Crippen LogP contribution in [0.3, 0.4) is 0 Å². The molecule has 2 amide bonds. The van der Waals surface area contributed by atoms with Gasteiger partial charge < -0.3 is 20.5 Å². The summed E-state index contributed by atoms with van der Waals surface area (Å²) < 4.78 is 5.59. The van der Waals surface area contributed by atoms with Crippen LogP contribution in [0.1, 0.15) is 31.0 Å². The van der Waals surface area contributed by atoms with Gasteiger partial charge in [-0.1, -0.05) is 17.7 Å². The van der Waals surface area contributed by atoms with Gasteiger partial charge in [-0.25, -0.2) is 0 Å². The summed E-state index contributed by atoms with van der Waals surface area (Å²) in [7, 11) is 0. The Balaban J connectivity index is 2.05. The minimum Gasteiger partial charge on any atom is -0.508 e. The van der Waals surface area contributed by atoms with E-state index in [4.69, 9.17) is 4.74 Å². The van der Waals surface area contributed by atoms with Crippen LogP contribution in [0.4, 0.5) is 5.69 Å². The van der Waals surface area contributed by atoms with E-state index in [2.05, 4.69) is 10.6 Å². The lowest BCUT2D eigenvalue weighted by Crippen LogP contribution is -2.37. The zero-order valence-electron chi connectivity index (χ0n) is 14.5. The third-order valence-corrected chi connectivity index (χ3v) is 3.61. The molecule has 2 aromatic rings. The van der Waals surface area contributed by atoms with E-state index in [1.807, 2.05) is 32.0 Å². The fourth-order valence-electron chi connectivity index (χ4n) is 2.37. The average molecular weight is 342 g/mol. The van der Waals surface area contributed by atoms with E-state index in [9.17, 15) is 14.7 Å². The molecule has 0 spiro atoms. The number of anilines is 1. The molecule has 0 aliphatic heterocycles. The van der Waals surface area contributed by atoms with Crippen LogP contribution in [0, 0.1) is 6.92 Å². The minimum absolute atomic E-state index is 0.0824. The summed E-state index contributed by atoms with van der Waals surface area (Å²) in [5.74, 6) is -0.758. The molecule has 0 saturated heterocycles. The fourth-order valence-corrected chi connectivity index (χ4v) is 2.37. The molecule has 0 fully saturated rings. The summed E-state index contributed by atoms with van der Waals surface area (Å²) in [5, 5.41) is 14.4. The monoisotopic (exact) mass is 342 g/mol. The molecular formula is C19H22N2O4. The van der Waals surface area contributed by atoms with Crippen molar-refractivity contribution in [2.75, 3.05) is 11.9 Å². The number of aryl methyl sites for hydroxylation is 1. The summed E-state index contributed by atoms with van der Waals surface area (Å²) in [6.07, 6.45) is 0. The lowest BCUT2D eigenvalue weighted by Gasteiger charge is -2.18. The first-order chi connectivity index (χ1) is 11.9. The molecule has 2 rings (SSSR count). The van der Waals surface area contributed by atoms with Gasteiger partial charge in [0.05, 0.1) is 12.6 Å². The van der Waals surface area contributed by atoms with E-state index in [-0.39, 0.29) is 11.8 Å². The van der Waals surface area contributed by atoms with E-state index in [0.29, 0.717) is 18.0 Å². The smallest absolute Gasteiger partial charge is 0.313 e. The van der Waals surface area contributed by atoms with E-state index in [1.165, 1.54) is 24.3 Å². The number of ether oxygens (including phenoxy) is 1. The molecular weight excluding hydrogens is 320 g/mol. The molecule has 0 aliphatic rings. The minimum atomic E-state index is -0.775. The third-order valence-electron chi connectivity index (χ3n) is 3.61. The van der Waals surface area contributed by atoms with Gasteiger partial charge in [0.25, 0.3) is 0 Å². The predicted molar refractivity (Wildman–Crippen MR) is 95.6 cm³/mol. The number of phenolic OH excluding ortho intramolecular Hbond substituents is 1. The Labute approximate surface area is 146 Å². The molecule has 1 atom stereocenters. The second-order valence-electron chi connectivity index (χ2n) is 5.67. The van der Waals surface area contributed by atoms with Crippen LogP contribution in [0.2, 0.25) is 0 Å². The molecule has 1 unspecified atom stereocenters. The van der Waals surface area contributed by atoms with E-state index < -0.39 is 11.8 Å². The highest BCUT2D eigenvalue weighted by atomic mass is 16.5. The highest BCUT2D eigenvalue weighted by molar-refractivity contribution is 6.39. The maximum absolute atomic E-state index is 12.1. The topological polar surface area (TPSA) is 87.7 Å². The van der Waals surface area contributed by atoms with Crippen molar-refractivity contribution >= 4 is 17.5 Å². The van der Waals surface area contributed by atoms with Crippen LogP contribution in [0.25, 0.3) is 0 Å². The first kappa shape index (κ1) is 18.3. The molecule has 25 heavy (non-hydrogen) atoms. The molecule has 3 N–H and O–H groups in total. The van der Waals surface area contributed by atoms with Crippen LogP contribution in [0.15, 0.2) is 42.5 Å². The van der Waals surface area contributed by atoms with Gasteiger partial charge in [0.15, 0.2) is 0 Å². The van der Waals surface area contributed by atoms with Gasteiger partial charge in [0, 0.05) is 11.3 Å². The van der Waals surface area contributed by atoms with E-state index >= 15 is 0 Å². The van der Waals surface area contributed by atoms with Crippen LogP contribution in [-0.4, -0.2) is 23.5 Å². The van der Waals surface area contributed by atoms with Gasteiger partial charge in [-0.15, -0.1) is 0 Å². The van der Waals surface area contributed by atoms with E-state index in [1.54, 1.807) is 6.92 Å². The van der Waals surface area contributed by atoms with Crippen LogP contribution < -0.4 is 15.4 Å². The molecule has 0 aliphatic carbocycles. The second kappa shape index (κ2) is 8.19. The number of carbonyl (C=O) groups is 2. The summed E-state index contributed by atoms with van der Waals surface area (Å²) >= 11 is 0. The number of nitrogens with one attached hydrogen (secondary N) is 2. The number of carbonyl (C=O) groups excluding carboxylic acids is 2. The summed E-state index contributed by atoms with van der Waals surface area (Å²) in [6.45, 7) is 6.14. The molecule has 0 aromatic heterocycles. The molecule has 0 bridgehead atoms. The van der Waals surface area contributed by atoms with Crippen LogP contribution in [0.5, 0.6) is 11.5 Å². The lowest BCUT2D eigenvalue weighted by molar-refractivity contribution is -0.136. The molecule has 0 heterocycles. The Morgan fingerprint density at radius 1 is 1.12 bits per heavy atom. The lowest BCUT2D eigenvalue weighted by atomic mass is 10.0. The van der Waals surface area contributed by atoms with Crippen molar-refractivity contribution in [1.29, 1.82) is 0 Å². The van der Waals surface area contributed by atoms with Crippen LogP contribution in [-0.2, 0) is 9.59 Å². The summed E-state index contributed by atoms with van der Waals surface area (Å²) in [5.41, 5.74) is 2.27. The zero-order valence-corrected chi connectivity index (χ0v) is 14.5. The first-order valence-corrected chi connectivity index (χ1v) is 8.05. The van der Waals surface area contributed by atoms with Gasteiger partial charge in [-0.2, -0.15) is 0 Å². The maximum atomic E-state index is 12.1. The standard InChI is InChI=1S/C19H22N2O4/c1-4-25-17-10-5-12(2)11-16(17)13(3)20-18(23)19(24)21-14-6-8-15(22)9-7-14/h5-11,13,22H,4H2,1-3H3,(H,20,23)(H,21,24). The Hall–Kier alpha value is -3.02. The highest BCUT2D eigenvalue weighted by Crippen LogP contribution is 2.26. The normalized spacial score (nSPS) is 11.5. The van der Waals surface area contributed by atoms with Crippen molar-refractivity contribution in [1.82, 2.24) is 5.32 Å². The number of hydrogen-bond acceptors (Lipinski definition) is 4. The average Bonchev–Trinajstić information content (AvgIpc) is 2.58.